The van der Waals surface area contributed by atoms with Gasteiger partial charge in [-0.3, -0.25) is 4.79 Å². The van der Waals surface area contributed by atoms with Crippen molar-refractivity contribution in [1.29, 1.82) is 0 Å². The molecule has 16 heavy (non-hydrogen) atoms. The van der Waals surface area contributed by atoms with Crippen molar-refractivity contribution in [2.75, 3.05) is 19.5 Å². The van der Waals surface area contributed by atoms with E-state index in [0.717, 1.165) is 5.33 Å². The topological polar surface area (TPSA) is 29.5 Å². The number of amides is 1. The van der Waals surface area contributed by atoms with Gasteiger partial charge in [0.05, 0.1) is 7.11 Å². The maximum Gasteiger partial charge on any atom is 0.267 e. The Morgan fingerprint density at radius 1 is 1.62 bits per heavy atom. The first-order valence-corrected chi connectivity index (χ1v) is 6.89. The molecule has 0 aliphatic heterocycles. The molecule has 0 unspecified atom stereocenters. The van der Waals surface area contributed by atoms with Crippen LogP contribution in [0.15, 0.2) is 11.4 Å². The molecule has 0 radical (unpaired) electrons. The Bertz CT molecular complexity index is 376. The highest BCUT2D eigenvalue weighted by Crippen LogP contribution is 2.28. The highest BCUT2D eigenvalue weighted by atomic mass is 79.9. The van der Waals surface area contributed by atoms with Crippen molar-refractivity contribution in [2.24, 2.45) is 0 Å². The summed E-state index contributed by atoms with van der Waals surface area (Å²) >= 11 is 4.82. The average molecular weight is 306 g/mol. The van der Waals surface area contributed by atoms with E-state index in [1.165, 1.54) is 11.3 Å². The number of thiophene rings is 1. The molecule has 0 saturated heterocycles. The largest absolute Gasteiger partial charge is 0.495 e. The van der Waals surface area contributed by atoms with Gasteiger partial charge in [-0.25, -0.2) is 0 Å². The van der Waals surface area contributed by atoms with Crippen LogP contribution in [0.1, 0.15) is 23.5 Å². The van der Waals surface area contributed by atoms with Gasteiger partial charge in [-0.15, -0.1) is 11.3 Å². The minimum atomic E-state index is -0.216. The van der Waals surface area contributed by atoms with E-state index in [2.05, 4.69) is 15.9 Å². The fourth-order valence-corrected chi connectivity index (χ4v) is 2.34. The van der Waals surface area contributed by atoms with Gasteiger partial charge in [-0.05, 0) is 25.3 Å². The predicted molar refractivity (Wildman–Crippen MR) is 70.8 cm³/mol. The zero-order valence-electron chi connectivity index (χ0n) is 9.91. The van der Waals surface area contributed by atoms with Crippen molar-refractivity contribution in [2.45, 2.75) is 19.4 Å². The smallest absolute Gasteiger partial charge is 0.267 e. The average Bonchev–Trinajstić information content (AvgIpc) is 2.74. The number of rotatable bonds is 4. The molecule has 0 spiro atoms. The van der Waals surface area contributed by atoms with Crippen LogP contribution in [0.25, 0.3) is 0 Å². The van der Waals surface area contributed by atoms with Gasteiger partial charge >= 0.3 is 0 Å². The van der Waals surface area contributed by atoms with Crippen LogP contribution >= 0.6 is 27.3 Å². The molecule has 0 fully saturated rings. The highest BCUT2D eigenvalue weighted by Gasteiger charge is 2.29. The Morgan fingerprint density at radius 3 is 2.75 bits per heavy atom. The van der Waals surface area contributed by atoms with Crippen molar-refractivity contribution in [3.05, 3.63) is 16.3 Å². The van der Waals surface area contributed by atoms with E-state index < -0.39 is 0 Å². The normalized spacial score (nSPS) is 11.3. The van der Waals surface area contributed by atoms with Gasteiger partial charge in [-0.2, -0.15) is 0 Å². The minimum Gasteiger partial charge on any atom is -0.495 e. The van der Waals surface area contributed by atoms with Gasteiger partial charge in [0, 0.05) is 17.9 Å². The second kappa shape index (κ2) is 5.19. The summed E-state index contributed by atoms with van der Waals surface area (Å²) in [6, 6.07) is 1.81. The Balaban J connectivity index is 2.95. The van der Waals surface area contributed by atoms with E-state index in [1.807, 2.05) is 32.3 Å². The third kappa shape index (κ3) is 2.58. The molecule has 1 amide bonds. The number of hydrogen-bond donors (Lipinski definition) is 0. The summed E-state index contributed by atoms with van der Waals surface area (Å²) in [6.45, 7) is 4.03. The first kappa shape index (κ1) is 13.5. The van der Waals surface area contributed by atoms with Crippen molar-refractivity contribution in [1.82, 2.24) is 4.90 Å². The van der Waals surface area contributed by atoms with Gasteiger partial charge in [0.1, 0.15) is 10.6 Å². The number of methoxy groups -OCH3 is 1. The summed E-state index contributed by atoms with van der Waals surface area (Å²) in [5.74, 6) is 0.642. The molecule has 1 aromatic rings. The third-order valence-corrected chi connectivity index (χ3v) is 4.84. The highest BCUT2D eigenvalue weighted by molar-refractivity contribution is 9.09. The number of nitrogens with zero attached hydrogens (tertiary/aromatic N) is 1. The Kier molecular flexibility index (Phi) is 4.38. The fraction of sp³-hybridized carbons (Fsp3) is 0.545. The van der Waals surface area contributed by atoms with Crippen LogP contribution in [-0.4, -0.2) is 35.8 Å². The van der Waals surface area contributed by atoms with Gasteiger partial charge in [0.25, 0.3) is 5.91 Å². The lowest BCUT2D eigenvalue weighted by Crippen LogP contribution is -2.46. The van der Waals surface area contributed by atoms with Gasteiger partial charge in [-0.1, -0.05) is 15.9 Å². The maximum atomic E-state index is 12.2. The van der Waals surface area contributed by atoms with Crippen LogP contribution < -0.4 is 4.74 Å². The Hall–Kier alpha value is -0.550. The minimum absolute atomic E-state index is 0.00343. The quantitative estimate of drug-likeness (QED) is 0.800. The van der Waals surface area contributed by atoms with Gasteiger partial charge < -0.3 is 9.64 Å². The lowest BCUT2D eigenvalue weighted by atomic mass is 10.1. The molecule has 1 rings (SSSR count). The summed E-state index contributed by atoms with van der Waals surface area (Å²) in [7, 11) is 3.39. The van der Waals surface area contributed by atoms with Crippen LogP contribution in [-0.2, 0) is 0 Å². The second-order valence-corrected chi connectivity index (χ2v) is 5.61. The number of carbonyl (C=O) groups is 1. The van der Waals surface area contributed by atoms with Crippen LogP contribution in [0.4, 0.5) is 0 Å². The molecule has 0 N–H and O–H groups in total. The van der Waals surface area contributed by atoms with E-state index in [9.17, 15) is 4.79 Å². The number of halogens is 1. The molecule has 5 heteroatoms. The molecule has 0 aliphatic carbocycles. The van der Waals surface area contributed by atoms with Crippen molar-refractivity contribution in [3.8, 4) is 5.75 Å². The zero-order chi connectivity index (χ0) is 12.3. The first-order chi connectivity index (χ1) is 7.44. The monoisotopic (exact) mass is 305 g/mol. The van der Waals surface area contributed by atoms with Crippen LogP contribution in [0.5, 0.6) is 5.75 Å². The van der Waals surface area contributed by atoms with E-state index in [0.29, 0.717) is 10.6 Å². The molecule has 3 nitrogen and oxygen atoms in total. The van der Waals surface area contributed by atoms with Gasteiger partial charge in [0.2, 0.25) is 0 Å². The number of hydrogen-bond acceptors (Lipinski definition) is 3. The van der Waals surface area contributed by atoms with Crippen LogP contribution in [0, 0.1) is 0 Å². The summed E-state index contributed by atoms with van der Waals surface area (Å²) in [6.07, 6.45) is 0. The van der Waals surface area contributed by atoms with E-state index in [-0.39, 0.29) is 11.4 Å². The number of alkyl halides is 1. The molecular formula is C11H16BrNO2S. The SMILES string of the molecule is COc1ccsc1C(=O)N(C)C(C)(C)CBr. The molecule has 0 aromatic carbocycles. The summed E-state index contributed by atoms with van der Waals surface area (Å²) in [4.78, 5) is 14.6. The van der Waals surface area contributed by atoms with E-state index in [4.69, 9.17) is 4.74 Å². The molecule has 0 bridgehead atoms. The zero-order valence-corrected chi connectivity index (χ0v) is 12.3. The Morgan fingerprint density at radius 2 is 2.25 bits per heavy atom. The fourth-order valence-electron chi connectivity index (χ4n) is 1.13. The maximum absolute atomic E-state index is 12.2. The third-order valence-electron chi connectivity index (χ3n) is 2.58. The summed E-state index contributed by atoms with van der Waals surface area (Å²) < 4.78 is 5.15. The molecular weight excluding hydrogens is 290 g/mol. The van der Waals surface area contributed by atoms with Gasteiger partial charge in [0.15, 0.2) is 0 Å². The van der Waals surface area contributed by atoms with Crippen LogP contribution in [0.2, 0.25) is 0 Å². The lowest BCUT2D eigenvalue weighted by molar-refractivity contribution is 0.0665. The van der Waals surface area contributed by atoms with Crippen molar-refractivity contribution < 1.29 is 9.53 Å². The lowest BCUT2D eigenvalue weighted by Gasteiger charge is -2.33. The van der Waals surface area contributed by atoms with Crippen LogP contribution in [0.3, 0.4) is 0 Å². The second-order valence-electron chi connectivity index (χ2n) is 4.13. The number of carbonyl (C=O) groups excluding carboxylic acids is 1. The predicted octanol–water partition coefficient (Wildman–Crippen LogP) is 3.00. The standard InChI is InChI=1S/C11H16BrNO2S/c1-11(2,7-12)13(3)10(14)9-8(15-4)5-6-16-9/h5-6H,7H2,1-4H3. The molecule has 1 aromatic heterocycles. The van der Waals surface area contributed by atoms with Crippen molar-refractivity contribution in [3.63, 3.8) is 0 Å². The molecule has 0 saturated carbocycles. The van der Waals surface area contributed by atoms with Crippen molar-refractivity contribution >= 4 is 33.2 Å². The van der Waals surface area contributed by atoms with E-state index in [1.54, 1.807) is 12.0 Å². The summed E-state index contributed by atoms with van der Waals surface area (Å²) in [5, 5.41) is 2.59. The first-order valence-electron chi connectivity index (χ1n) is 4.89. The van der Waals surface area contributed by atoms with E-state index >= 15 is 0 Å². The Labute approximate surface area is 109 Å². The molecule has 1 heterocycles. The molecule has 90 valence electrons. The summed E-state index contributed by atoms with van der Waals surface area (Å²) in [5.41, 5.74) is -0.216. The molecule has 0 aliphatic rings. The number of ether oxygens (including phenoxy) is 1. The molecule has 0 atom stereocenters.